The van der Waals surface area contributed by atoms with E-state index in [0.29, 0.717) is 17.7 Å². The van der Waals surface area contributed by atoms with Crippen LogP contribution in [-0.4, -0.2) is 30.6 Å². The molecule has 104 valence electrons. The first kappa shape index (κ1) is 15.1. The fourth-order valence-corrected chi connectivity index (χ4v) is 1.74. The van der Waals surface area contributed by atoms with Crippen LogP contribution < -0.4 is 5.32 Å². The molecule has 19 heavy (non-hydrogen) atoms. The number of amides is 1. The Morgan fingerprint density at radius 1 is 1.53 bits per heavy atom. The van der Waals surface area contributed by atoms with Gasteiger partial charge in [-0.25, -0.2) is 0 Å². The van der Waals surface area contributed by atoms with E-state index >= 15 is 0 Å². The molecular weight excluding hydrogens is 248 g/mol. The van der Waals surface area contributed by atoms with Crippen LogP contribution >= 0.6 is 0 Å². The van der Waals surface area contributed by atoms with Crippen molar-refractivity contribution in [1.29, 1.82) is 0 Å². The normalized spacial score (nSPS) is 11.9. The Kier molecular flexibility index (Phi) is 5.44. The lowest BCUT2D eigenvalue weighted by Gasteiger charge is -2.16. The molecule has 1 unspecified atom stereocenters. The first-order chi connectivity index (χ1) is 8.99. The second-order valence-electron chi connectivity index (χ2n) is 4.29. The Labute approximate surface area is 111 Å². The van der Waals surface area contributed by atoms with E-state index in [1.54, 1.807) is 14.0 Å². The summed E-state index contributed by atoms with van der Waals surface area (Å²) in [5.74, 6) is -0.240. The molecule has 1 aromatic rings. The van der Waals surface area contributed by atoms with E-state index in [2.05, 4.69) is 5.32 Å². The summed E-state index contributed by atoms with van der Waals surface area (Å²) in [6.07, 6.45) is 0.756. The van der Waals surface area contributed by atoms with Gasteiger partial charge in [0.1, 0.15) is 0 Å². The van der Waals surface area contributed by atoms with Gasteiger partial charge >= 0.3 is 0 Å². The molecule has 0 saturated heterocycles. The summed E-state index contributed by atoms with van der Waals surface area (Å²) in [6, 6.07) is 4.14. The van der Waals surface area contributed by atoms with Crippen LogP contribution in [0.5, 0.6) is 0 Å². The zero-order valence-corrected chi connectivity index (χ0v) is 11.3. The van der Waals surface area contributed by atoms with E-state index < -0.39 is 4.92 Å². The van der Waals surface area contributed by atoms with Gasteiger partial charge in [0, 0.05) is 24.8 Å². The summed E-state index contributed by atoms with van der Waals surface area (Å²) < 4.78 is 5.01. The first-order valence-corrected chi connectivity index (χ1v) is 6.04. The van der Waals surface area contributed by atoms with Gasteiger partial charge < -0.3 is 10.1 Å². The van der Waals surface area contributed by atoms with E-state index in [1.165, 1.54) is 18.2 Å². The Bertz CT molecular complexity index is 474. The highest BCUT2D eigenvalue weighted by molar-refractivity contribution is 5.96. The van der Waals surface area contributed by atoms with Gasteiger partial charge in [-0.15, -0.1) is 0 Å². The van der Waals surface area contributed by atoms with E-state index in [0.717, 1.165) is 6.42 Å². The zero-order valence-electron chi connectivity index (χ0n) is 11.3. The van der Waals surface area contributed by atoms with Crippen molar-refractivity contribution < 1.29 is 14.5 Å². The van der Waals surface area contributed by atoms with Gasteiger partial charge in [-0.2, -0.15) is 0 Å². The van der Waals surface area contributed by atoms with Gasteiger partial charge in [0.15, 0.2) is 0 Å². The lowest BCUT2D eigenvalue weighted by molar-refractivity contribution is -0.384. The lowest BCUT2D eigenvalue weighted by Crippen LogP contribution is -2.37. The first-order valence-electron chi connectivity index (χ1n) is 6.04. The molecule has 1 aromatic carbocycles. The number of rotatable bonds is 6. The second-order valence-corrected chi connectivity index (χ2v) is 4.29. The van der Waals surface area contributed by atoms with E-state index in [1.807, 2.05) is 6.92 Å². The Morgan fingerprint density at radius 3 is 2.68 bits per heavy atom. The van der Waals surface area contributed by atoms with Crippen LogP contribution in [0.15, 0.2) is 18.2 Å². The molecule has 0 aliphatic rings. The van der Waals surface area contributed by atoms with Crippen LogP contribution in [0.25, 0.3) is 0 Å². The van der Waals surface area contributed by atoms with E-state index in [-0.39, 0.29) is 17.6 Å². The highest BCUT2D eigenvalue weighted by Gasteiger charge is 2.16. The van der Waals surface area contributed by atoms with Crippen LogP contribution in [-0.2, 0) is 4.74 Å². The number of nitro benzene ring substituents is 1. The standard InChI is InChI=1S/C13H18N2O4/c1-4-10(8-19-3)14-13(16)12-6-5-11(15(17)18)7-9(12)2/h5-7,10H,4,8H2,1-3H3,(H,14,16). The molecule has 1 amide bonds. The van der Waals surface area contributed by atoms with Crippen molar-refractivity contribution >= 4 is 11.6 Å². The average molecular weight is 266 g/mol. The largest absolute Gasteiger partial charge is 0.383 e. The lowest BCUT2D eigenvalue weighted by atomic mass is 10.1. The molecule has 6 heteroatoms. The van der Waals surface area contributed by atoms with Crippen molar-refractivity contribution in [2.24, 2.45) is 0 Å². The number of ether oxygens (including phenoxy) is 1. The maximum Gasteiger partial charge on any atom is 0.269 e. The molecule has 0 heterocycles. The highest BCUT2D eigenvalue weighted by atomic mass is 16.6. The number of hydrogen-bond acceptors (Lipinski definition) is 4. The smallest absolute Gasteiger partial charge is 0.269 e. The number of hydrogen-bond donors (Lipinski definition) is 1. The number of aryl methyl sites for hydroxylation is 1. The quantitative estimate of drug-likeness (QED) is 0.631. The van der Waals surface area contributed by atoms with Gasteiger partial charge in [0.05, 0.1) is 17.6 Å². The van der Waals surface area contributed by atoms with Crippen molar-refractivity contribution in [2.45, 2.75) is 26.3 Å². The molecular formula is C13H18N2O4. The molecule has 6 nitrogen and oxygen atoms in total. The zero-order chi connectivity index (χ0) is 14.4. The van der Waals surface area contributed by atoms with Crippen LogP contribution in [0.4, 0.5) is 5.69 Å². The van der Waals surface area contributed by atoms with Crippen molar-refractivity contribution in [3.05, 3.63) is 39.4 Å². The molecule has 0 aromatic heterocycles. The molecule has 1 atom stereocenters. The molecule has 0 fully saturated rings. The number of benzene rings is 1. The van der Waals surface area contributed by atoms with Gasteiger partial charge in [-0.05, 0) is 25.0 Å². The maximum absolute atomic E-state index is 12.1. The minimum Gasteiger partial charge on any atom is -0.383 e. The maximum atomic E-state index is 12.1. The molecule has 0 aliphatic carbocycles. The van der Waals surface area contributed by atoms with Gasteiger partial charge in [-0.1, -0.05) is 6.92 Å². The number of carbonyl (C=O) groups is 1. The van der Waals surface area contributed by atoms with E-state index in [4.69, 9.17) is 4.74 Å². The highest BCUT2D eigenvalue weighted by Crippen LogP contribution is 2.17. The van der Waals surface area contributed by atoms with Gasteiger partial charge in [0.2, 0.25) is 0 Å². The van der Waals surface area contributed by atoms with Gasteiger partial charge in [0.25, 0.3) is 11.6 Å². The van der Waals surface area contributed by atoms with Crippen molar-refractivity contribution in [3.63, 3.8) is 0 Å². The Morgan fingerprint density at radius 2 is 2.21 bits per heavy atom. The fraction of sp³-hybridized carbons (Fsp3) is 0.462. The SMILES string of the molecule is CCC(COC)NC(=O)c1ccc([N+](=O)[O-])cc1C. The minimum absolute atomic E-state index is 0.0158. The molecule has 0 radical (unpaired) electrons. The van der Waals surface area contributed by atoms with Crippen LogP contribution in [0.2, 0.25) is 0 Å². The topological polar surface area (TPSA) is 81.5 Å². The third-order valence-corrected chi connectivity index (χ3v) is 2.86. The Hall–Kier alpha value is -1.95. The van der Waals surface area contributed by atoms with Crippen molar-refractivity contribution in [2.75, 3.05) is 13.7 Å². The van der Waals surface area contributed by atoms with Crippen LogP contribution in [0, 0.1) is 17.0 Å². The number of nitrogens with one attached hydrogen (secondary N) is 1. The second kappa shape index (κ2) is 6.84. The van der Waals surface area contributed by atoms with Crippen LogP contribution in [0.1, 0.15) is 29.3 Å². The Balaban J connectivity index is 2.85. The summed E-state index contributed by atoms with van der Waals surface area (Å²) in [6.45, 7) is 4.07. The monoisotopic (exact) mass is 266 g/mol. The fourth-order valence-electron chi connectivity index (χ4n) is 1.74. The number of carbonyl (C=O) groups excluding carboxylic acids is 1. The number of nitrogens with zero attached hydrogens (tertiary/aromatic N) is 1. The summed E-state index contributed by atoms with van der Waals surface area (Å²) >= 11 is 0. The van der Waals surface area contributed by atoms with E-state index in [9.17, 15) is 14.9 Å². The predicted octanol–water partition coefficient (Wildman–Crippen LogP) is 2.06. The summed E-state index contributed by atoms with van der Waals surface area (Å²) in [7, 11) is 1.58. The molecule has 1 rings (SSSR count). The molecule has 0 bridgehead atoms. The third-order valence-electron chi connectivity index (χ3n) is 2.86. The number of methoxy groups -OCH3 is 1. The van der Waals surface area contributed by atoms with Crippen molar-refractivity contribution in [1.82, 2.24) is 5.32 Å². The van der Waals surface area contributed by atoms with Gasteiger partial charge in [-0.3, -0.25) is 14.9 Å². The molecule has 0 aliphatic heterocycles. The number of non-ortho nitro benzene ring substituents is 1. The predicted molar refractivity (Wildman–Crippen MR) is 71.3 cm³/mol. The third kappa shape index (κ3) is 4.03. The molecule has 1 N–H and O–H groups in total. The number of nitro groups is 1. The van der Waals surface area contributed by atoms with Crippen LogP contribution in [0.3, 0.4) is 0 Å². The molecule has 0 spiro atoms. The average Bonchev–Trinajstić information content (AvgIpc) is 2.37. The summed E-state index contributed by atoms with van der Waals surface area (Å²) in [4.78, 5) is 22.2. The summed E-state index contributed by atoms with van der Waals surface area (Å²) in [5, 5.41) is 13.5. The van der Waals surface area contributed by atoms with Crippen molar-refractivity contribution in [3.8, 4) is 0 Å². The molecule has 0 saturated carbocycles. The minimum atomic E-state index is -0.478. The summed E-state index contributed by atoms with van der Waals surface area (Å²) in [5.41, 5.74) is 1.01.